The molecule has 7 heteroatoms. The molecule has 2 fully saturated rings. The van der Waals surface area contributed by atoms with Crippen LogP contribution in [0.5, 0.6) is 0 Å². The lowest BCUT2D eigenvalue weighted by Crippen LogP contribution is -2.51. The summed E-state index contributed by atoms with van der Waals surface area (Å²) in [6, 6.07) is 16.5. The lowest BCUT2D eigenvalue weighted by Gasteiger charge is -2.42. The molecule has 1 amide bonds. The number of amides is 1. The fourth-order valence-electron chi connectivity index (χ4n) is 4.70. The normalized spacial score (nSPS) is 18.6. The van der Waals surface area contributed by atoms with E-state index in [1.54, 1.807) is 18.2 Å². The lowest BCUT2D eigenvalue weighted by atomic mass is 9.94. The maximum Gasteiger partial charge on any atom is 0.240 e. The third kappa shape index (κ3) is 5.46. The third-order valence-electron chi connectivity index (χ3n) is 6.35. The monoisotopic (exact) mass is 441 g/mol. The second kappa shape index (κ2) is 9.83. The van der Waals surface area contributed by atoms with E-state index in [4.69, 9.17) is 0 Å². The van der Waals surface area contributed by atoms with Crippen molar-refractivity contribution in [2.75, 3.05) is 42.1 Å². The number of nitrogens with zero attached hydrogens (tertiary/aromatic N) is 2. The Morgan fingerprint density at radius 2 is 1.52 bits per heavy atom. The summed E-state index contributed by atoms with van der Waals surface area (Å²) in [7, 11) is -3.67. The number of carbonyl (C=O) groups excluding carboxylic acids is 1. The summed E-state index contributed by atoms with van der Waals surface area (Å²) in [5.74, 6) is -1.09. The van der Waals surface area contributed by atoms with Crippen molar-refractivity contribution in [3.05, 3.63) is 54.6 Å². The molecule has 4 rings (SSSR count). The number of hydrogen-bond acceptors (Lipinski definition) is 5. The molecule has 31 heavy (non-hydrogen) atoms. The number of rotatable bonds is 6. The van der Waals surface area contributed by atoms with E-state index in [0.717, 1.165) is 31.9 Å². The average Bonchev–Trinajstić information content (AvgIpc) is 2.80. The zero-order valence-corrected chi connectivity index (χ0v) is 18.7. The van der Waals surface area contributed by atoms with Crippen molar-refractivity contribution in [1.82, 2.24) is 4.90 Å². The number of piperazine rings is 1. The van der Waals surface area contributed by atoms with E-state index in [-0.39, 0.29) is 4.90 Å². The minimum Gasteiger partial charge on any atom is -0.367 e. The summed E-state index contributed by atoms with van der Waals surface area (Å²) in [5.41, 5.74) is 1.62. The van der Waals surface area contributed by atoms with E-state index in [9.17, 15) is 13.2 Å². The molecule has 2 aromatic rings. The Labute approximate surface area is 185 Å². The number of carbonyl (C=O) groups is 1. The lowest BCUT2D eigenvalue weighted by molar-refractivity contribution is -0.113. The summed E-state index contributed by atoms with van der Waals surface area (Å²) in [4.78, 5) is 17.6. The van der Waals surface area contributed by atoms with Gasteiger partial charge in [0.15, 0.2) is 9.84 Å². The second-order valence-electron chi connectivity index (χ2n) is 8.45. The van der Waals surface area contributed by atoms with Gasteiger partial charge in [-0.1, -0.05) is 49.6 Å². The van der Waals surface area contributed by atoms with Gasteiger partial charge in [-0.2, -0.15) is 0 Å². The van der Waals surface area contributed by atoms with E-state index >= 15 is 0 Å². The van der Waals surface area contributed by atoms with Crippen LogP contribution in [0.15, 0.2) is 59.5 Å². The molecule has 1 aliphatic heterocycles. The van der Waals surface area contributed by atoms with Gasteiger partial charge in [-0.25, -0.2) is 8.42 Å². The molecule has 1 saturated heterocycles. The zero-order chi connectivity index (χ0) is 21.7. The van der Waals surface area contributed by atoms with Gasteiger partial charge in [-0.3, -0.25) is 9.69 Å². The van der Waals surface area contributed by atoms with Crippen LogP contribution in [-0.2, 0) is 14.6 Å². The maximum absolute atomic E-state index is 12.6. The third-order valence-corrected chi connectivity index (χ3v) is 7.98. The van der Waals surface area contributed by atoms with E-state index in [1.165, 1.54) is 44.2 Å². The number of sulfone groups is 1. The van der Waals surface area contributed by atoms with Crippen LogP contribution in [0.2, 0.25) is 0 Å². The quantitative estimate of drug-likeness (QED) is 0.742. The highest BCUT2D eigenvalue weighted by molar-refractivity contribution is 7.92. The van der Waals surface area contributed by atoms with Crippen LogP contribution < -0.4 is 10.2 Å². The van der Waals surface area contributed by atoms with Gasteiger partial charge < -0.3 is 10.2 Å². The van der Waals surface area contributed by atoms with Crippen LogP contribution in [0, 0.1) is 0 Å². The molecule has 0 aromatic heterocycles. The van der Waals surface area contributed by atoms with Gasteiger partial charge in [0.25, 0.3) is 0 Å². The molecule has 0 radical (unpaired) electrons. The van der Waals surface area contributed by atoms with Crippen LogP contribution in [0.25, 0.3) is 0 Å². The Bertz CT molecular complexity index is 980. The van der Waals surface area contributed by atoms with Crippen LogP contribution >= 0.6 is 0 Å². The fourth-order valence-corrected chi connectivity index (χ4v) is 5.86. The average molecular weight is 442 g/mol. The maximum atomic E-state index is 12.6. The van der Waals surface area contributed by atoms with Crippen LogP contribution in [0.4, 0.5) is 11.4 Å². The largest absolute Gasteiger partial charge is 0.367 e. The minimum absolute atomic E-state index is 0.164. The van der Waals surface area contributed by atoms with Gasteiger partial charge >= 0.3 is 0 Å². The van der Waals surface area contributed by atoms with Crippen molar-refractivity contribution in [3.8, 4) is 0 Å². The molecule has 166 valence electrons. The molecule has 6 nitrogen and oxygen atoms in total. The van der Waals surface area contributed by atoms with Crippen molar-refractivity contribution in [2.45, 2.75) is 43.0 Å². The molecule has 2 aromatic carbocycles. The molecule has 1 aliphatic carbocycles. The summed E-state index contributed by atoms with van der Waals surface area (Å²) >= 11 is 0. The summed E-state index contributed by atoms with van der Waals surface area (Å²) < 4.78 is 25.1. The highest BCUT2D eigenvalue weighted by atomic mass is 32.2. The first-order valence-corrected chi connectivity index (χ1v) is 12.8. The summed E-state index contributed by atoms with van der Waals surface area (Å²) in [6.45, 7) is 3.86. The first-order valence-electron chi connectivity index (χ1n) is 11.2. The Balaban J connectivity index is 1.39. The number of para-hydroxylation sites is 2. The van der Waals surface area contributed by atoms with Crippen molar-refractivity contribution in [1.29, 1.82) is 0 Å². The zero-order valence-electron chi connectivity index (χ0n) is 17.9. The van der Waals surface area contributed by atoms with Gasteiger partial charge in [0.1, 0.15) is 5.75 Å². The first kappa shape index (κ1) is 21.8. The van der Waals surface area contributed by atoms with Crippen LogP contribution in [0.1, 0.15) is 32.1 Å². The highest BCUT2D eigenvalue weighted by Gasteiger charge is 2.26. The van der Waals surface area contributed by atoms with Crippen molar-refractivity contribution >= 4 is 27.1 Å². The number of nitrogens with one attached hydrogen (secondary N) is 1. The Morgan fingerprint density at radius 1 is 0.871 bits per heavy atom. The van der Waals surface area contributed by atoms with E-state index in [2.05, 4.69) is 15.1 Å². The van der Waals surface area contributed by atoms with Gasteiger partial charge in [0.2, 0.25) is 5.91 Å². The van der Waals surface area contributed by atoms with Crippen LogP contribution in [-0.4, -0.2) is 57.2 Å². The second-order valence-corrected chi connectivity index (χ2v) is 10.4. The van der Waals surface area contributed by atoms with Gasteiger partial charge in [-0.15, -0.1) is 0 Å². The molecule has 0 spiro atoms. The standard InChI is InChI=1S/C24H31N3O3S/c28-24(19-31(29,30)21-11-5-2-6-12-21)25-22-13-7-8-14-23(22)27-17-15-26(16-18-27)20-9-3-1-4-10-20/h2,5-8,11-14,20H,1,3-4,9-10,15-19H2,(H,25,28). The Kier molecular flexibility index (Phi) is 6.92. The van der Waals surface area contributed by atoms with E-state index in [0.29, 0.717) is 11.7 Å². The smallest absolute Gasteiger partial charge is 0.240 e. The number of benzene rings is 2. The van der Waals surface area contributed by atoms with Gasteiger partial charge in [0.05, 0.1) is 16.3 Å². The van der Waals surface area contributed by atoms with Crippen LogP contribution in [0.3, 0.4) is 0 Å². The molecule has 2 aliphatic rings. The molecule has 0 atom stereocenters. The molecular weight excluding hydrogens is 410 g/mol. The summed E-state index contributed by atoms with van der Waals surface area (Å²) in [6.07, 6.45) is 6.66. The predicted octanol–water partition coefficient (Wildman–Crippen LogP) is 3.55. The topological polar surface area (TPSA) is 69.7 Å². The molecule has 1 heterocycles. The van der Waals surface area contributed by atoms with Crippen molar-refractivity contribution in [3.63, 3.8) is 0 Å². The minimum atomic E-state index is -3.67. The molecule has 1 saturated carbocycles. The molecule has 1 N–H and O–H groups in total. The SMILES string of the molecule is O=C(CS(=O)(=O)c1ccccc1)Nc1ccccc1N1CCN(C2CCCCC2)CC1. The van der Waals surface area contributed by atoms with Crippen molar-refractivity contribution < 1.29 is 13.2 Å². The first-order chi connectivity index (χ1) is 15.0. The summed E-state index contributed by atoms with van der Waals surface area (Å²) in [5, 5.41) is 2.83. The predicted molar refractivity (Wildman–Crippen MR) is 124 cm³/mol. The number of anilines is 2. The van der Waals surface area contributed by atoms with Crippen molar-refractivity contribution in [2.24, 2.45) is 0 Å². The highest BCUT2D eigenvalue weighted by Crippen LogP contribution is 2.29. The Morgan fingerprint density at radius 3 is 2.23 bits per heavy atom. The van der Waals surface area contributed by atoms with Gasteiger partial charge in [0, 0.05) is 32.2 Å². The van der Waals surface area contributed by atoms with E-state index < -0.39 is 21.5 Å². The Hall–Kier alpha value is -2.38. The fraction of sp³-hybridized carbons (Fsp3) is 0.458. The van der Waals surface area contributed by atoms with E-state index in [1.807, 2.05) is 24.3 Å². The van der Waals surface area contributed by atoms with Gasteiger partial charge in [-0.05, 0) is 37.1 Å². The molecular formula is C24H31N3O3S. The molecule has 0 unspecified atom stereocenters. The molecule has 0 bridgehead atoms. The number of hydrogen-bond donors (Lipinski definition) is 1.